The molecule has 2 heterocycles. The first-order valence-electron chi connectivity index (χ1n) is 7.99. The van der Waals surface area contributed by atoms with E-state index in [4.69, 9.17) is 4.74 Å². The van der Waals surface area contributed by atoms with E-state index in [0.717, 1.165) is 45.2 Å². The maximum atomic E-state index is 12.3. The van der Waals surface area contributed by atoms with Crippen molar-refractivity contribution in [3.63, 3.8) is 0 Å². The molecule has 0 atom stereocenters. The van der Waals surface area contributed by atoms with Gasteiger partial charge in [-0.15, -0.1) is 11.3 Å². The lowest BCUT2D eigenvalue weighted by Gasteiger charge is -2.08. The van der Waals surface area contributed by atoms with Crippen LogP contribution in [0.3, 0.4) is 0 Å². The van der Waals surface area contributed by atoms with E-state index in [9.17, 15) is 4.79 Å². The number of aromatic nitrogens is 2. The van der Waals surface area contributed by atoms with Crippen molar-refractivity contribution in [1.29, 1.82) is 0 Å². The number of methoxy groups -OCH3 is 1. The molecule has 1 aromatic carbocycles. The maximum absolute atomic E-state index is 12.3. The highest BCUT2D eigenvalue weighted by Gasteiger charge is 2.15. The zero-order valence-corrected chi connectivity index (χ0v) is 14.9. The van der Waals surface area contributed by atoms with Crippen LogP contribution in [0.2, 0.25) is 0 Å². The summed E-state index contributed by atoms with van der Waals surface area (Å²) in [4.78, 5) is 17.5. The summed E-state index contributed by atoms with van der Waals surface area (Å²) in [6.45, 7) is 5.25. The lowest BCUT2D eigenvalue weighted by Crippen LogP contribution is -2.27. The van der Waals surface area contributed by atoms with E-state index in [2.05, 4.69) is 20.9 Å². The molecule has 0 unspecified atom stereocenters. The number of carbonyl (C=O) groups is 1. The van der Waals surface area contributed by atoms with E-state index in [-0.39, 0.29) is 5.91 Å². The van der Waals surface area contributed by atoms with Gasteiger partial charge in [-0.2, -0.15) is 0 Å². The van der Waals surface area contributed by atoms with Gasteiger partial charge in [0.2, 0.25) is 0 Å². The van der Waals surface area contributed by atoms with Crippen LogP contribution in [-0.4, -0.2) is 29.1 Å². The van der Waals surface area contributed by atoms with Gasteiger partial charge in [0.05, 0.1) is 17.8 Å². The number of benzene rings is 1. The predicted octanol–water partition coefficient (Wildman–Crippen LogP) is 3.41. The first-order valence-corrected chi connectivity index (χ1v) is 8.81. The lowest BCUT2D eigenvalue weighted by molar-refractivity contribution is 0.0955. The van der Waals surface area contributed by atoms with E-state index in [1.54, 1.807) is 7.11 Å². The summed E-state index contributed by atoms with van der Waals surface area (Å²) in [7, 11) is 1.67. The molecule has 1 N–H and O–H groups in total. The second kappa shape index (κ2) is 7.05. The standard InChI is InChI=1S/C18H21N3O2S/c1-4-15-17(24-12(2)20-15)18(22)19-8-10-21-9-7-13-11-14(23-3)5-6-16(13)21/h5-7,9,11H,4,8,10H2,1-3H3,(H,19,22). The van der Waals surface area contributed by atoms with Crippen molar-refractivity contribution < 1.29 is 9.53 Å². The zero-order chi connectivity index (χ0) is 17.1. The van der Waals surface area contributed by atoms with Crippen molar-refractivity contribution >= 4 is 28.1 Å². The molecule has 0 saturated carbocycles. The molecule has 2 aromatic heterocycles. The molecule has 3 rings (SSSR count). The van der Waals surface area contributed by atoms with Gasteiger partial charge in [-0.1, -0.05) is 6.92 Å². The number of rotatable bonds is 6. The van der Waals surface area contributed by atoms with Crippen molar-refractivity contribution in [3.05, 3.63) is 46.0 Å². The quantitative estimate of drug-likeness (QED) is 0.746. The van der Waals surface area contributed by atoms with Gasteiger partial charge in [0.25, 0.3) is 5.91 Å². The Morgan fingerprint density at radius 2 is 2.21 bits per heavy atom. The lowest BCUT2D eigenvalue weighted by atomic mass is 10.2. The number of ether oxygens (including phenoxy) is 1. The number of carbonyl (C=O) groups excluding carboxylic acids is 1. The van der Waals surface area contributed by atoms with E-state index >= 15 is 0 Å². The van der Waals surface area contributed by atoms with Crippen LogP contribution >= 0.6 is 11.3 Å². The van der Waals surface area contributed by atoms with Crippen LogP contribution in [-0.2, 0) is 13.0 Å². The van der Waals surface area contributed by atoms with Gasteiger partial charge in [-0.25, -0.2) is 4.98 Å². The second-order valence-corrected chi connectivity index (χ2v) is 6.76. The molecule has 0 fully saturated rings. The zero-order valence-electron chi connectivity index (χ0n) is 14.1. The van der Waals surface area contributed by atoms with Gasteiger partial charge >= 0.3 is 0 Å². The molecule has 5 nitrogen and oxygen atoms in total. The minimum Gasteiger partial charge on any atom is -0.497 e. The number of nitrogens with zero attached hydrogens (tertiary/aromatic N) is 2. The molecule has 0 aliphatic rings. The van der Waals surface area contributed by atoms with E-state index < -0.39 is 0 Å². The summed E-state index contributed by atoms with van der Waals surface area (Å²) in [5.74, 6) is 0.816. The Kier molecular flexibility index (Phi) is 4.85. The summed E-state index contributed by atoms with van der Waals surface area (Å²) >= 11 is 1.46. The third-order valence-electron chi connectivity index (χ3n) is 3.96. The van der Waals surface area contributed by atoms with Gasteiger partial charge in [0, 0.05) is 30.2 Å². The fourth-order valence-corrected chi connectivity index (χ4v) is 3.68. The number of hydrogen-bond donors (Lipinski definition) is 1. The summed E-state index contributed by atoms with van der Waals surface area (Å²) in [6, 6.07) is 8.06. The van der Waals surface area contributed by atoms with Crippen molar-refractivity contribution in [2.45, 2.75) is 26.8 Å². The second-order valence-electron chi connectivity index (χ2n) is 5.55. The van der Waals surface area contributed by atoms with Crippen LogP contribution in [0, 0.1) is 6.92 Å². The third-order valence-corrected chi connectivity index (χ3v) is 4.97. The van der Waals surface area contributed by atoms with Crippen molar-refractivity contribution in [3.8, 4) is 5.75 Å². The van der Waals surface area contributed by atoms with E-state index in [1.165, 1.54) is 11.3 Å². The molecule has 0 aliphatic carbocycles. The minimum absolute atomic E-state index is 0.0319. The summed E-state index contributed by atoms with van der Waals surface area (Å²) in [5, 5.41) is 5.06. The van der Waals surface area contributed by atoms with E-state index in [1.807, 2.05) is 38.2 Å². The predicted molar refractivity (Wildman–Crippen MR) is 97.1 cm³/mol. The van der Waals surface area contributed by atoms with Crippen molar-refractivity contribution in [2.75, 3.05) is 13.7 Å². The highest BCUT2D eigenvalue weighted by atomic mass is 32.1. The first kappa shape index (κ1) is 16.5. The molecule has 0 radical (unpaired) electrons. The molecule has 0 saturated heterocycles. The molecule has 24 heavy (non-hydrogen) atoms. The minimum atomic E-state index is -0.0319. The number of thiazole rings is 1. The molecule has 3 aromatic rings. The number of amides is 1. The molecular formula is C18H21N3O2S. The average molecular weight is 343 g/mol. The molecule has 126 valence electrons. The van der Waals surface area contributed by atoms with Gasteiger partial charge in [0.15, 0.2) is 0 Å². The molecule has 0 spiro atoms. The van der Waals surface area contributed by atoms with Crippen molar-refractivity contribution in [2.24, 2.45) is 0 Å². The van der Waals surface area contributed by atoms with Crippen LogP contribution in [0.4, 0.5) is 0 Å². The van der Waals surface area contributed by atoms with Crippen molar-refractivity contribution in [1.82, 2.24) is 14.9 Å². The van der Waals surface area contributed by atoms with Crippen LogP contribution in [0.5, 0.6) is 5.75 Å². The fourth-order valence-electron chi connectivity index (χ4n) is 2.76. The molecule has 1 amide bonds. The number of hydrogen-bond acceptors (Lipinski definition) is 4. The highest BCUT2D eigenvalue weighted by Crippen LogP contribution is 2.22. The normalized spacial score (nSPS) is 11.0. The Hall–Kier alpha value is -2.34. The van der Waals surface area contributed by atoms with Gasteiger partial charge in [-0.3, -0.25) is 4.79 Å². The Bertz CT molecular complexity index is 866. The summed E-state index contributed by atoms with van der Waals surface area (Å²) in [5.41, 5.74) is 2.02. The molecular weight excluding hydrogens is 322 g/mol. The molecule has 0 bridgehead atoms. The summed E-state index contributed by atoms with van der Waals surface area (Å²) in [6.07, 6.45) is 2.81. The Balaban J connectivity index is 1.65. The Labute approximate surface area is 145 Å². The maximum Gasteiger partial charge on any atom is 0.263 e. The van der Waals surface area contributed by atoms with Gasteiger partial charge in [-0.05, 0) is 37.6 Å². The number of nitrogens with one attached hydrogen (secondary N) is 1. The fraction of sp³-hybridized carbons (Fsp3) is 0.333. The Morgan fingerprint density at radius 3 is 2.96 bits per heavy atom. The largest absolute Gasteiger partial charge is 0.497 e. The van der Waals surface area contributed by atoms with Crippen LogP contribution < -0.4 is 10.1 Å². The Morgan fingerprint density at radius 1 is 1.38 bits per heavy atom. The topological polar surface area (TPSA) is 56.2 Å². The monoisotopic (exact) mass is 343 g/mol. The SMILES string of the molecule is CCc1nc(C)sc1C(=O)NCCn1ccc2cc(OC)ccc21. The molecule has 0 aliphatic heterocycles. The van der Waals surface area contributed by atoms with Gasteiger partial charge in [0.1, 0.15) is 10.6 Å². The third kappa shape index (κ3) is 3.28. The molecule has 6 heteroatoms. The summed E-state index contributed by atoms with van der Waals surface area (Å²) < 4.78 is 7.38. The van der Waals surface area contributed by atoms with Gasteiger partial charge < -0.3 is 14.6 Å². The van der Waals surface area contributed by atoms with Crippen LogP contribution in [0.25, 0.3) is 10.9 Å². The first-order chi connectivity index (χ1) is 11.6. The number of aryl methyl sites for hydroxylation is 2. The average Bonchev–Trinajstić information content (AvgIpc) is 3.17. The smallest absolute Gasteiger partial charge is 0.263 e. The van der Waals surface area contributed by atoms with Crippen LogP contribution in [0.1, 0.15) is 27.3 Å². The highest BCUT2D eigenvalue weighted by molar-refractivity contribution is 7.13. The van der Waals surface area contributed by atoms with E-state index in [0.29, 0.717) is 6.54 Å². The number of fused-ring (bicyclic) bond motifs is 1. The van der Waals surface area contributed by atoms with Crippen LogP contribution in [0.15, 0.2) is 30.5 Å².